The maximum absolute atomic E-state index is 12.6. The molecule has 32 heavy (non-hydrogen) atoms. The molecule has 9 nitrogen and oxygen atoms in total. The van der Waals surface area contributed by atoms with E-state index in [1.54, 1.807) is 47.7 Å². The number of amides is 1. The van der Waals surface area contributed by atoms with Crippen molar-refractivity contribution in [2.75, 3.05) is 10.6 Å². The predicted molar refractivity (Wildman–Crippen MR) is 123 cm³/mol. The minimum absolute atomic E-state index is 0.228. The second kappa shape index (κ2) is 8.12. The molecular formula is C22H17ClN8O. The van der Waals surface area contributed by atoms with E-state index in [2.05, 4.69) is 35.7 Å². The van der Waals surface area contributed by atoms with Crippen LogP contribution in [-0.2, 0) is 0 Å². The Labute approximate surface area is 187 Å². The number of nitrogens with zero attached hydrogens (tertiary/aromatic N) is 5. The molecule has 0 unspecified atom stereocenters. The summed E-state index contributed by atoms with van der Waals surface area (Å²) in [6.45, 7) is 1.89. The fourth-order valence-electron chi connectivity index (χ4n) is 3.22. The highest BCUT2D eigenvalue weighted by Crippen LogP contribution is 2.29. The smallest absolute Gasteiger partial charge is 0.255 e. The van der Waals surface area contributed by atoms with Crippen molar-refractivity contribution in [3.63, 3.8) is 0 Å². The fourth-order valence-corrected chi connectivity index (χ4v) is 3.45. The van der Waals surface area contributed by atoms with Crippen molar-refractivity contribution in [1.29, 1.82) is 0 Å². The van der Waals surface area contributed by atoms with Gasteiger partial charge >= 0.3 is 0 Å². The number of carbonyl (C=O) groups is 1. The minimum atomic E-state index is -0.228. The number of hydrogen-bond acceptors (Lipinski definition) is 6. The van der Waals surface area contributed by atoms with Gasteiger partial charge in [-0.3, -0.25) is 9.78 Å². The maximum Gasteiger partial charge on any atom is 0.255 e. The number of rotatable bonds is 5. The molecule has 0 atom stereocenters. The highest BCUT2D eigenvalue weighted by atomic mass is 35.5. The van der Waals surface area contributed by atoms with E-state index in [-0.39, 0.29) is 5.91 Å². The van der Waals surface area contributed by atoms with Crippen LogP contribution in [0.3, 0.4) is 0 Å². The average Bonchev–Trinajstić information content (AvgIpc) is 3.43. The number of nitrogens with one attached hydrogen (secondary N) is 3. The summed E-state index contributed by atoms with van der Waals surface area (Å²) in [4.78, 5) is 28.3. The summed E-state index contributed by atoms with van der Waals surface area (Å²) in [5.41, 5.74) is 4.11. The number of hydrogen-bond donors (Lipinski definition) is 3. The molecule has 5 rings (SSSR count). The summed E-state index contributed by atoms with van der Waals surface area (Å²) >= 11 is 6.24. The molecule has 5 aromatic rings. The van der Waals surface area contributed by atoms with Gasteiger partial charge in [0.15, 0.2) is 0 Å². The van der Waals surface area contributed by atoms with Crippen LogP contribution >= 0.6 is 11.6 Å². The first-order chi connectivity index (χ1) is 15.6. The standard InChI is InChI=1S/C22H17ClN8O/c1-13-5-6-15(8-24-13)30-22(32)14-3-2-4-17(7-14)31-11-16(9-28-31)29-21-19-18(23)10-25-20(19)26-12-27-21/h2-12H,1H3,(H,30,32)(H2,25,26,27,29). The van der Waals surface area contributed by atoms with Gasteiger partial charge in [0.05, 0.1) is 46.1 Å². The van der Waals surface area contributed by atoms with Crippen LogP contribution in [0.4, 0.5) is 17.2 Å². The number of anilines is 3. The molecule has 4 aromatic heterocycles. The number of H-pyrrole nitrogens is 1. The van der Waals surface area contributed by atoms with Crippen LogP contribution in [-0.4, -0.2) is 35.6 Å². The topological polar surface area (TPSA) is 113 Å². The second-order valence-electron chi connectivity index (χ2n) is 7.07. The lowest BCUT2D eigenvalue weighted by atomic mass is 10.2. The number of halogens is 1. The van der Waals surface area contributed by atoms with E-state index in [9.17, 15) is 4.79 Å². The van der Waals surface area contributed by atoms with Crippen molar-refractivity contribution >= 4 is 45.7 Å². The minimum Gasteiger partial charge on any atom is -0.344 e. The van der Waals surface area contributed by atoms with Gasteiger partial charge in [-0.05, 0) is 37.3 Å². The maximum atomic E-state index is 12.6. The third kappa shape index (κ3) is 3.88. The number of fused-ring (bicyclic) bond motifs is 1. The Hall–Kier alpha value is -4.24. The van der Waals surface area contributed by atoms with Crippen LogP contribution in [0.25, 0.3) is 16.7 Å². The monoisotopic (exact) mass is 444 g/mol. The summed E-state index contributed by atoms with van der Waals surface area (Å²) in [6, 6.07) is 10.8. The first-order valence-corrected chi connectivity index (χ1v) is 10.1. The Morgan fingerprint density at radius 1 is 1.09 bits per heavy atom. The Morgan fingerprint density at radius 2 is 2.00 bits per heavy atom. The van der Waals surface area contributed by atoms with Crippen molar-refractivity contribution in [1.82, 2.24) is 29.7 Å². The van der Waals surface area contributed by atoms with Gasteiger partial charge in [0, 0.05) is 17.5 Å². The lowest BCUT2D eigenvalue weighted by Crippen LogP contribution is -2.12. The summed E-state index contributed by atoms with van der Waals surface area (Å²) in [6.07, 6.45) is 8.21. The van der Waals surface area contributed by atoms with Gasteiger partial charge in [-0.2, -0.15) is 5.10 Å². The van der Waals surface area contributed by atoms with Crippen molar-refractivity contribution in [2.45, 2.75) is 6.92 Å². The zero-order chi connectivity index (χ0) is 22.1. The molecular weight excluding hydrogens is 428 g/mol. The number of pyridine rings is 1. The molecule has 0 radical (unpaired) electrons. The van der Waals surface area contributed by atoms with E-state index in [1.165, 1.54) is 6.33 Å². The van der Waals surface area contributed by atoms with Crippen molar-refractivity contribution in [3.05, 3.63) is 83.8 Å². The Morgan fingerprint density at radius 3 is 2.84 bits per heavy atom. The lowest BCUT2D eigenvalue weighted by Gasteiger charge is -2.07. The number of aromatic amines is 1. The molecule has 0 aliphatic heterocycles. The Balaban J connectivity index is 1.36. The zero-order valence-electron chi connectivity index (χ0n) is 16.9. The summed E-state index contributed by atoms with van der Waals surface area (Å²) in [5.74, 6) is 0.342. The SMILES string of the molecule is Cc1ccc(NC(=O)c2cccc(-n3cc(Nc4ncnc5[nH]cc(Cl)c45)cn3)c2)cn1. The van der Waals surface area contributed by atoms with Gasteiger partial charge in [-0.25, -0.2) is 14.6 Å². The molecule has 0 spiro atoms. The summed E-state index contributed by atoms with van der Waals surface area (Å²) < 4.78 is 1.67. The van der Waals surface area contributed by atoms with Gasteiger partial charge in [0.2, 0.25) is 0 Å². The van der Waals surface area contributed by atoms with Gasteiger partial charge < -0.3 is 15.6 Å². The van der Waals surface area contributed by atoms with E-state index < -0.39 is 0 Å². The number of aromatic nitrogens is 6. The van der Waals surface area contributed by atoms with Crippen LogP contribution in [0.2, 0.25) is 5.02 Å². The van der Waals surface area contributed by atoms with Crippen LogP contribution in [0.15, 0.2) is 67.5 Å². The molecule has 1 aromatic carbocycles. The summed E-state index contributed by atoms with van der Waals surface area (Å²) in [7, 11) is 0. The highest BCUT2D eigenvalue weighted by Gasteiger charge is 2.12. The molecule has 0 aliphatic rings. The third-order valence-corrected chi connectivity index (χ3v) is 5.11. The molecule has 0 aliphatic carbocycles. The largest absolute Gasteiger partial charge is 0.344 e. The Bertz CT molecular complexity index is 1420. The first-order valence-electron chi connectivity index (χ1n) is 9.70. The fraction of sp³-hybridized carbons (Fsp3) is 0.0455. The van der Waals surface area contributed by atoms with Gasteiger partial charge in [0.25, 0.3) is 5.91 Å². The molecule has 0 saturated carbocycles. The van der Waals surface area contributed by atoms with E-state index in [0.717, 1.165) is 11.4 Å². The van der Waals surface area contributed by atoms with Crippen molar-refractivity contribution in [2.24, 2.45) is 0 Å². The third-order valence-electron chi connectivity index (χ3n) is 4.81. The van der Waals surface area contributed by atoms with Crippen LogP contribution < -0.4 is 10.6 Å². The average molecular weight is 445 g/mol. The second-order valence-corrected chi connectivity index (χ2v) is 7.48. The number of aryl methyl sites for hydroxylation is 1. The summed E-state index contributed by atoms with van der Waals surface area (Å²) in [5, 5.41) is 11.7. The molecule has 0 bridgehead atoms. The molecule has 0 fully saturated rings. The van der Waals surface area contributed by atoms with Crippen LogP contribution in [0.1, 0.15) is 16.1 Å². The van der Waals surface area contributed by atoms with E-state index in [0.29, 0.717) is 38.8 Å². The zero-order valence-corrected chi connectivity index (χ0v) is 17.6. The lowest BCUT2D eigenvalue weighted by molar-refractivity contribution is 0.102. The normalized spacial score (nSPS) is 10.9. The molecule has 4 heterocycles. The van der Waals surface area contributed by atoms with E-state index in [4.69, 9.17) is 11.6 Å². The molecule has 1 amide bonds. The van der Waals surface area contributed by atoms with Crippen LogP contribution in [0.5, 0.6) is 0 Å². The highest BCUT2D eigenvalue weighted by molar-refractivity contribution is 6.36. The molecule has 10 heteroatoms. The molecule has 0 saturated heterocycles. The number of benzene rings is 1. The van der Waals surface area contributed by atoms with E-state index >= 15 is 0 Å². The van der Waals surface area contributed by atoms with Gasteiger partial charge in [-0.1, -0.05) is 17.7 Å². The van der Waals surface area contributed by atoms with Crippen molar-refractivity contribution < 1.29 is 4.79 Å². The Kier molecular flexibility index (Phi) is 5.00. The van der Waals surface area contributed by atoms with Gasteiger partial charge in [-0.15, -0.1) is 0 Å². The van der Waals surface area contributed by atoms with Crippen LogP contribution in [0, 0.1) is 6.92 Å². The first kappa shape index (κ1) is 19.7. The van der Waals surface area contributed by atoms with E-state index in [1.807, 2.05) is 25.1 Å². The quantitative estimate of drug-likeness (QED) is 0.368. The van der Waals surface area contributed by atoms with Crippen molar-refractivity contribution in [3.8, 4) is 5.69 Å². The predicted octanol–water partition coefficient (Wildman–Crippen LogP) is 4.50. The number of carbonyl (C=O) groups excluding carboxylic acids is 1. The molecule has 158 valence electrons. The van der Waals surface area contributed by atoms with Gasteiger partial charge in [0.1, 0.15) is 17.8 Å². The molecule has 3 N–H and O–H groups in total.